The van der Waals surface area contributed by atoms with Gasteiger partial charge < -0.3 is 10.6 Å². The number of anilines is 1. The van der Waals surface area contributed by atoms with Crippen molar-refractivity contribution in [1.29, 1.82) is 0 Å². The lowest BCUT2D eigenvalue weighted by molar-refractivity contribution is 0.0941. The molecule has 1 aromatic heterocycles. The van der Waals surface area contributed by atoms with Gasteiger partial charge in [-0.2, -0.15) is 0 Å². The average Bonchev–Trinajstić information content (AvgIpc) is 2.92. The molecule has 2 heterocycles. The molecule has 0 bridgehead atoms. The highest BCUT2D eigenvalue weighted by molar-refractivity contribution is 6.29. The van der Waals surface area contributed by atoms with E-state index in [1.54, 1.807) is 12.1 Å². The van der Waals surface area contributed by atoms with Gasteiger partial charge in [-0.1, -0.05) is 18.5 Å². The Labute approximate surface area is 131 Å². The number of likely N-dealkylation sites (N-methyl/N-ethyl adjacent to an activating group) is 1. The Balaban J connectivity index is 1.96. The second-order valence-electron chi connectivity index (χ2n) is 5.23. The molecule has 0 spiro atoms. The van der Waals surface area contributed by atoms with Crippen molar-refractivity contribution >= 4 is 23.3 Å². The van der Waals surface area contributed by atoms with Crippen molar-refractivity contribution in [2.45, 2.75) is 32.7 Å². The lowest BCUT2D eigenvalue weighted by Gasteiger charge is -2.22. The fourth-order valence-corrected chi connectivity index (χ4v) is 2.96. The van der Waals surface area contributed by atoms with Gasteiger partial charge in [0.2, 0.25) is 0 Å². The maximum atomic E-state index is 12.3. The minimum Gasteiger partial charge on any atom is -0.370 e. The van der Waals surface area contributed by atoms with Crippen LogP contribution in [0.4, 0.5) is 5.82 Å². The van der Waals surface area contributed by atoms with E-state index in [1.165, 1.54) is 6.42 Å². The highest BCUT2D eigenvalue weighted by atomic mass is 35.5. The molecule has 1 unspecified atom stereocenters. The van der Waals surface area contributed by atoms with E-state index in [2.05, 4.69) is 27.4 Å². The predicted octanol–water partition coefficient (Wildman–Crippen LogP) is 2.38. The first-order valence-electron chi connectivity index (χ1n) is 7.57. The van der Waals surface area contributed by atoms with Crippen LogP contribution in [0.2, 0.25) is 5.15 Å². The minimum atomic E-state index is -0.0959. The van der Waals surface area contributed by atoms with Crippen LogP contribution >= 0.6 is 11.6 Å². The van der Waals surface area contributed by atoms with Crippen LogP contribution in [-0.2, 0) is 0 Å². The first kappa shape index (κ1) is 16.0. The lowest BCUT2D eigenvalue weighted by atomic mass is 10.2. The maximum absolute atomic E-state index is 12.3. The number of amides is 1. The van der Waals surface area contributed by atoms with E-state index in [0.717, 1.165) is 26.1 Å². The molecule has 6 heteroatoms. The monoisotopic (exact) mass is 310 g/mol. The van der Waals surface area contributed by atoms with Crippen molar-refractivity contribution in [1.82, 2.24) is 15.2 Å². The first-order chi connectivity index (χ1) is 10.1. The molecule has 1 atom stereocenters. The summed E-state index contributed by atoms with van der Waals surface area (Å²) >= 11 is 5.96. The number of nitrogens with zero attached hydrogens (tertiary/aromatic N) is 2. The summed E-state index contributed by atoms with van der Waals surface area (Å²) in [6.45, 7) is 7.72. The van der Waals surface area contributed by atoms with Crippen molar-refractivity contribution in [2.24, 2.45) is 0 Å². The van der Waals surface area contributed by atoms with Gasteiger partial charge in [-0.25, -0.2) is 4.98 Å². The van der Waals surface area contributed by atoms with E-state index < -0.39 is 0 Å². The summed E-state index contributed by atoms with van der Waals surface area (Å²) < 4.78 is 0. The van der Waals surface area contributed by atoms with Crippen LogP contribution in [-0.4, -0.2) is 48.0 Å². The Kier molecular flexibility index (Phi) is 5.82. The van der Waals surface area contributed by atoms with Crippen LogP contribution in [0.3, 0.4) is 0 Å². The molecule has 0 aliphatic carbocycles. The number of carbonyl (C=O) groups excluding carboxylic acids is 1. The predicted molar refractivity (Wildman–Crippen MR) is 86.0 cm³/mol. The third kappa shape index (κ3) is 4.32. The van der Waals surface area contributed by atoms with E-state index in [1.807, 2.05) is 6.92 Å². The third-order valence-electron chi connectivity index (χ3n) is 3.82. The van der Waals surface area contributed by atoms with Crippen molar-refractivity contribution in [3.8, 4) is 0 Å². The van der Waals surface area contributed by atoms with Crippen LogP contribution < -0.4 is 10.6 Å². The fourth-order valence-electron chi connectivity index (χ4n) is 2.75. The molecular formula is C15H23ClN4O. The molecule has 0 saturated carbocycles. The summed E-state index contributed by atoms with van der Waals surface area (Å²) in [5, 5.41) is 6.41. The third-order valence-corrected chi connectivity index (χ3v) is 4.01. The highest BCUT2D eigenvalue weighted by Crippen LogP contribution is 2.17. The largest absolute Gasteiger partial charge is 0.370 e. The number of aromatic nitrogens is 1. The molecule has 1 saturated heterocycles. The summed E-state index contributed by atoms with van der Waals surface area (Å²) in [6, 6.07) is 3.78. The number of nitrogens with one attached hydrogen (secondary N) is 2. The normalized spacial score (nSPS) is 18.7. The molecule has 0 radical (unpaired) electrons. The van der Waals surface area contributed by atoms with Crippen LogP contribution in [0.1, 0.15) is 37.0 Å². The molecule has 1 aliphatic rings. The second kappa shape index (κ2) is 7.61. The van der Waals surface area contributed by atoms with E-state index in [9.17, 15) is 4.79 Å². The lowest BCUT2D eigenvalue weighted by Crippen LogP contribution is -2.40. The molecule has 0 aromatic carbocycles. The van der Waals surface area contributed by atoms with Gasteiger partial charge in [0.05, 0.1) is 0 Å². The van der Waals surface area contributed by atoms with E-state index in [0.29, 0.717) is 29.1 Å². The molecule has 1 fully saturated rings. The smallest absolute Gasteiger partial charge is 0.251 e. The minimum absolute atomic E-state index is 0.0959. The Morgan fingerprint density at radius 1 is 1.48 bits per heavy atom. The quantitative estimate of drug-likeness (QED) is 0.792. The summed E-state index contributed by atoms with van der Waals surface area (Å²) in [5.41, 5.74) is 0.548. The second-order valence-corrected chi connectivity index (χ2v) is 5.62. The van der Waals surface area contributed by atoms with Crippen molar-refractivity contribution in [2.75, 3.05) is 31.5 Å². The zero-order chi connectivity index (χ0) is 15.2. The Bertz CT molecular complexity index is 495. The molecule has 2 rings (SSSR count). The van der Waals surface area contributed by atoms with Crippen molar-refractivity contribution in [3.05, 3.63) is 22.8 Å². The number of hydrogen-bond donors (Lipinski definition) is 2. The number of halogens is 1. The Hall–Kier alpha value is -1.33. The summed E-state index contributed by atoms with van der Waals surface area (Å²) in [7, 11) is 0. The maximum Gasteiger partial charge on any atom is 0.251 e. The average molecular weight is 311 g/mol. The van der Waals surface area contributed by atoms with Gasteiger partial charge in [0, 0.05) is 24.7 Å². The van der Waals surface area contributed by atoms with Gasteiger partial charge in [0.15, 0.2) is 0 Å². The van der Waals surface area contributed by atoms with E-state index >= 15 is 0 Å². The molecule has 116 valence electrons. The molecule has 21 heavy (non-hydrogen) atoms. The van der Waals surface area contributed by atoms with Gasteiger partial charge in [-0.15, -0.1) is 0 Å². The van der Waals surface area contributed by atoms with Crippen LogP contribution in [0, 0.1) is 0 Å². The zero-order valence-electron chi connectivity index (χ0n) is 12.7. The number of hydrogen-bond acceptors (Lipinski definition) is 4. The van der Waals surface area contributed by atoms with Crippen LogP contribution in [0.5, 0.6) is 0 Å². The van der Waals surface area contributed by atoms with Crippen molar-refractivity contribution < 1.29 is 4.79 Å². The van der Waals surface area contributed by atoms with E-state index in [4.69, 9.17) is 11.6 Å². The zero-order valence-corrected chi connectivity index (χ0v) is 13.4. The van der Waals surface area contributed by atoms with Gasteiger partial charge in [-0.05, 0) is 45.0 Å². The topological polar surface area (TPSA) is 57.3 Å². The molecule has 1 aliphatic heterocycles. The fraction of sp³-hybridized carbons (Fsp3) is 0.600. The molecule has 5 nitrogen and oxygen atoms in total. The summed E-state index contributed by atoms with van der Waals surface area (Å²) in [5.74, 6) is 0.535. The first-order valence-corrected chi connectivity index (χ1v) is 7.95. The van der Waals surface area contributed by atoms with E-state index in [-0.39, 0.29) is 5.91 Å². The van der Waals surface area contributed by atoms with Gasteiger partial charge in [-0.3, -0.25) is 9.69 Å². The van der Waals surface area contributed by atoms with Gasteiger partial charge >= 0.3 is 0 Å². The SMILES string of the molecule is CCNc1cc(C(=O)NCC2CCCN2CC)cc(Cl)n1. The highest BCUT2D eigenvalue weighted by Gasteiger charge is 2.23. The van der Waals surface area contributed by atoms with Crippen LogP contribution in [0.15, 0.2) is 12.1 Å². The number of likely N-dealkylation sites (tertiary alicyclic amines) is 1. The standard InChI is InChI=1S/C15H23ClN4O/c1-3-17-14-9-11(8-13(16)19-14)15(21)18-10-12-6-5-7-20(12)4-2/h8-9,12H,3-7,10H2,1-2H3,(H,17,19)(H,18,21). The number of carbonyl (C=O) groups is 1. The number of rotatable bonds is 6. The van der Waals surface area contributed by atoms with Crippen LogP contribution in [0.25, 0.3) is 0 Å². The molecule has 1 aromatic rings. The Morgan fingerprint density at radius 2 is 2.29 bits per heavy atom. The molecule has 2 N–H and O–H groups in total. The molecular weight excluding hydrogens is 288 g/mol. The molecule has 1 amide bonds. The Morgan fingerprint density at radius 3 is 3.00 bits per heavy atom. The van der Waals surface area contributed by atoms with Crippen molar-refractivity contribution in [3.63, 3.8) is 0 Å². The number of pyridine rings is 1. The van der Waals surface area contributed by atoms with Gasteiger partial charge in [0.1, 0.15) is 11.0 Å². The summed E-state index contributed by atoms with van der Waals surface area (Å²) in [4.78, 5) is 18.8. The van der Waals surface area contributed by atoms with Gasteiger partial charge in [0.25, 0.3) is 5.91 Å². The summed E-state index contributed by atoms with van der Waals surface area (Å²) in [6.07, 6.45) is 2.36.